The molecule has 4 heteroatoms. The summed E-state index contributed by atoms with van der Waals surface area (Å²) in [6.45, 7) is 5.91. The van der Waals surface area contributed by atoms with Crippen molar-refractivity contribution in [2.75, 3.05) is 6.61 Å². The molecule has 0 radical (unpaired) electrons. The summed E-state index contributed by atoms with van der Waals surface area (Å²) in [4.78, 5) is 0. The number of aliphatic hydroxyl groups is 1. The van der Waals surface area contributed by atoms with E-state index in [0.29, 0.717) is 6.61 Å². The topological polar surface area (TPSA) is 51.8 Å². The smallest absolute Gasteiger partial charge is 0.163 e. The van der Waals surface area contributed by atoms with Crippen LogP contribution >= 0.6 is 0 Å². The zero-order valence-corrected chi connectivity index (χ0v) is 9.19. The predicted molar refractivity (Wildman–Crippen MR) is 53.3 cm³/mol. The lowest BCUT2D eigenvalue weighted by atomic mass is 10.1. The fourth-order valence-corrected chi connectivity index (χ4v) is 1.70. The molecule has 1 aliphatic rings. The van der Waals surface area contributed by atoms with Crippen LogP contribution in [0.25, 0.3) is 0 Å². The summed E-state index contributed by atoms with van der Waals surface area (Å²) in [5.41, 5.74) is 0.735. The highest BCUT2D eigenvalue weighted by atomic mass is 16.7. The molecule has 1 aromatic heterocycles. The highest BCUT2D eigenvalue weighted by Gasteiger charge is 2.37. The number of furan rings is 1. The molecule has 1 saturated heterocycles. The minimum atomic E-state index is -0.691. The normalized spacial score (nSPS) is 26.8. The molecule has 0 aliphatic carbocycles. The van der Waals surface area contributed by atoms with E-state index in [1.54, 1.807) is 12.3 Å². The maximum Gasteiger partial charge on any atom is 0.163 e. The largest absolute Gasteiger partial charge is 0.469 e. The molecule has 1 aromatic rings. The van der Waals surface area contributed by atoms with Crippen LogP contribution < -0.4 is 0 Å². The Kier molecular flexibility index (Phi) is 2.58. The van der Waals surface area contributed by atoms with Crippen molar-refractivity contribution >= 4 is 0 Å². The third-order valence-corrected chi connectivity index (χ3v) is 2.47. The van der Waals surface area contributed by atoms with Crippen LogP contribution in [0.2, 0.25) is 0 Å². The molecule has 2 heterocycles. The first kappa shape index (κ1) is 10.7. The van der Waals surface area contributed by atoms with Crippen LogP contribution in [0.15, 0.2) is 16.7 Å². The van der Waals surface area contributed by atoms with Gasteiger partial charge in [0.25, 0.3) is 0 Å². The summed E-state index contributed by atoms with van der Waals surface area (Å²) in [6.07, 6.45) is 0.538. The van der Waals surface area contributed by atoms with E-state index in [2.05, 4.69) is 0 Å². The van der Waals surface area contributed by atoms with Crippen molar-refractivity contribution in [1.29, 1.82) is 0 Å². The molecule has 0 bridgehead atoms. The molecule has 1 fully saturated rings. The number of ether oxygens (including phenoxy) is 2. The molecule has 2 atom stereocenters. The summed E-state index contributed by atoms with van der Waals surface area (Å²) in [5.74, 6) is 0.173. The van der Waals surface area contributed by atoms with E-state index in [1.165, 1.54) is 0 Å². The van der Waals surface area contributed by atoms with Crippen LogP contribution in [0.5, 0.6) is 0 Å². The van der Waals surface area contributed by atoms with Crippen LogP contribution in [-0.4, -0.2) is 23.6 Å². The fraction of sp³-hybridized carbons (Fsp3) is 0.636. The van der Waals surface area contributed by atoms with Crippen molar-refractivity contribution < 1.29 is 19.0 Å². The van der Waals surface area contributed by atoms with Crippen LogP contribution in [0.3, 0.4) is 0 Å². The second-order valence-electron chi connectivity index (χ2n) is 4.30. The molecule has 2 rings (SSSR count). The molecule has 1 aliphatic heterocycles. The number of hydrogen-bond acceptors (Lipinski definition) is 4. The Morgan fingerprint density at radius 2 is 2.27 bits per heavy atom. The van der Waals surface area contributed by atoms with Crippen molar-refractivity contribution in [2.45, 2.75) is 38.8 Å². The Labute approximate surface area is 88.8 Å². The Hall–Kier alpha value is -0.840. The quantitative estimate of drug-likeness (QED) is 0.811. The molecule has 15 heavy (non-hydrogen) atoms. The average molecular weight is 212 g/mol. The van der Waals surface area contributed by atoms with Gasteiger partial charge < -0.3 is 19.0 Å². The molecule has 0 amide bonds. The van der Waals surface area contributed by atoms with Crippen LogP contribution in [0.1, 0.15) is 31.3 Å². The SMILES string of the molecule is Cc1cc(C(O)C2COC(C)(C)O2)co1. The van der Waals surface area contributed by atoms with Gasteiger partial charge in [0, 0.05) is 5.56 Å². The average Bonchev–Trinajstić information content (AvgIpc) is 2.71. The molecule has 0 saturated carbocycles. The van der Waals surface area contributed by atoms with Crippen LogP contribution in [0.4, 0.5) is 0 Å². The predicted octanol–water partition coefficient (Wildman–Crippen LogP) is 1.77. The Balaban J connectivity index is 2.06. The van der Waals surface area contributed by atoms with Gasteiger partial charge in [0.1, 0.15) is 18.0 Å². The molecule has 1 N–H and O–H groups in total. The van der Waals surface area contributed by atoms with E-state index in [-0.39, 0.29) is 6.10 Å². The van der Waals surface area contributed by atoms with Gasteiger partial charge in [0.2, 0.25) is 0 Å². The lowest BCUT2D eigenvalue weighted by Gasteiger charge is -2.19. The standard InChI is InChI=1S/C11H16O4/c1-7-4-8(5-13-7)10(12)9-6-14-11(2,3)15-9/h4-5,9-10,12H,6H2,1-3H3. The number of hydrogen-bond donors (Lipinski definition) is 1. The summed E-state index contributed by atoms with van der Waals surface area (Å²) in [5, 5.41) is 10.0. The third kappa shape index (κ3) is 2.22. The maximum atomic E-state index is 10.0. The van der Waals surface area contributed by atoms with E-state index in [0.717, 1.165) is 11.3 Å². The van der Waals surface area contributed by atoms with Gasteiger partial charge in [-0.1, -0.05) is 0 Å². The van der Waals surface area contributed by atoms with E-state index in [9.17, 15) is 5.11 Å². The molecule has 2 unspecified atom stereocenters. The molecular formula is C11H16O4. The number of aliphatic hydroxyl groups excluding tert-OH is 1. The van der Waals surface area contributed by atoms with Gasteiger partial charge in [-0.2, -0.15) is 0 Å². The highest BCUT2D eigenvalue weighted by molar-refractivity contribution is 5.16. The lowest BCUT2D eigenvalue weighted by Crippen LogP contribution is -2.25. The first-order valence-electron chi connectivity index (χ1n) is 5.03. The van der Waals surface area contributed by atoms with Crippen molar-refractivity contribution in [3.8, 4) is 0 Å². The monoisotopic (exact) mass is 212 g/mol. The fourth-order valence-electron chi connectivity index (χ4n) is 1.70. The minimum absolute atomic E-state index is 0.322. The first-order chi connectivity index (χ1) is 6.98. The summed E-state index contributed by atoms with van der Waals surface area (Å²) in [7, 11) is 0. The Bertz CT molecular complexity index is 342. The van der Waals surface area contributed by atoms with E-state index < -0.39 is 11.9 Å². The second-order valence-corrected chi connectivity index (χ2v) is 4.30. The van der Waals surface area contributed by atoms with Crippen molar-refractivity contribution in [1.82, 2.24) is 0 Å². The van der Waals surface area contributed by atoms with E-state index >= 15 is 0 Å². The molecule has 4 nitrogen and oxygen atoms in total. The Morgan fingerprint density at radius 1 is 1.53 bits per heavy atom. The third-order valence-electron chi connectivity index (χ3n) is 2.47. The van der Waals surface area contributed by atoms with Crippen LogP contribution in [0, 0.1) is 6.92 Å². The second kappa shape index (κ2) is 3.63. The van der Waals surface area contributed by atoms with Gasteiger partial charge in [-0.25, -0.2) is 0 Å². The Morgan fingerprint density at radius 3 is 2.73 bits per heavy atom. The minimum Gasteiger partial charge on any atom is -0.469 e. The lowest BCUT2D eigenvalue weighted by molar-refractivity contribution is -0.151. The molecule has 84 valence electrons. The van der Waals surface area contributed by atoms with Gasteiger partial charge in [0.15, 0.2) is 5.79 Å². The zero-order chi connectivity index (χ0) is 11.1. The summed E-state index contributed by atoms with van der Waals surface area (Å²) in [6, 6.07) is 1.80. The van der Waals surface area contributed by atoms with Crippen molar-refractivity contribution in [3.63, 3.8) is 0 Å². The van der Waals surface area contributed by atoms with Crippen molar-refractivity contribution in [2.24, 2.45) is 0 Å². The van der Waals surface area contributed by atoms with E-state index in [1.807, 2.05) is 20.8 Å². The molecule has 0 spiro atoms. The molecule has 0 aromatic carbocycles. The van der Waals surface area contributed by atoms with Gasteiger partial charge in [-0.3, -0.25) is 0 Å². The summed E-state index contributed by atoms with van der Waals surface area (Å²) < 4.78 is 16.1. The van der Waals surface area contributed by atoms with Gasteiger partial charge >= 0.3 is 0 Å². The highest BCUT2D eigenvalue weighted by Crippen LogP contribution is 2.31. The van der Waals surface area contributed by atoms with Gasteiger partial charge in [0.05, 0.1) is 12.9 Å². The molecular weight excluding hydrogens is 196 g/mol. The van der Waals surface area contributed by atoms with Crippen LogP contribution in [-0.2, 0) is 9.47 Å². The summed E-state index contributed by atoms with van der Waals surface area (Å²) >= 11 is 0. The maximum absolute atomic E-state index is 10.0. The van der Waals surface area contributed by atoms with E-state index in [4.69, 9.17) is 13.9 Å². The van der Waals surface area contributed by atoms with Gasteiger partial charge in [-0.15, -0.1) is 0 Å². The van der Waals surface area contributed by atoms with Gasteiger partial charge in [-0.05, 0) is 26.8 Å². The zero-order valence-electron chi connectivity index (χ0n) is 9.19. The van der Waals surface area contributed by atoms with Crippen molar-refractivity contribution in [3.05, 3.63) is 23.7 Å². The first-order valence-corrected chi connectivity index (χ1v) is 5.03. The number of rotatable bonds is 2. The number of aryl methyl sites for hydroxylation is 1.